The van der Waals surface area contributed by atoms with Crippen LogP contribution >= 0.6 is 0 Å². The zero-order valence-corrected chi connectivity index (χ0v) is 22.6. The fourth-order valence-electron chi connectivity index (χ4n) is 4.60. The van der Waals surface area contributed by atoms with E-state index in [4.69, 9.17) is 28.4 Å². The van der Waals surface area contributed by atoms with Crippen LogP contribution in [0.2, 0.25) is 0 Å². The quantitative estimate of drug-likeness (QED) is 0.240. The zero-order chi connectivity index (χ0) is 28.7. The van der Waals surface area contributed by atoms with Crippen molar-refractivity contribution in [1.29, 1.82) is 0 Å². The lowest BCUT2D eigenvalue weighted by molar-refractivity contribution is -0.328. The second kappa shape index (κ2) is 14.0. The van der Waals surface area contributed by atoms with Crippen LogP contribution in [-0.4, -0.2) is 90.5 Å². The smallest absolute Gasteiger partial charge is 0.337 e. The number of fused-ring (bicyclic) bond motifs is 4. The average Bonchev–Trinajstić information content (AvgIpc) is 2.91. The number of cyclic esters (lactones) is 2. The Morgan fingerprint density at radius 1 is 1.08 bits per heavy atom. The van der Waals surface area contributed by atoms with Gasteiger partial charge in [0.15, 0.2) is 6.29 Å². The summed E-state index contributed by atoms with van der Waals surface area (Å²) in [7, 11) is 1.20. The van der Waals surface area contributed by atoms with E-state index in [1.165, 1.54) is 7.11 Å². The van der Waals surface area contributed by atoms with Crippen molar-refractivity contribution in [3.8, 4) is 0 Å². The predicted octanol–water partition coefficient (Wildman–Crippen LogP) is 1.03. The molecule has 12 heteroatoms. The number of aliphatic hydroxyl groups excluding tert-OH is 3. The maximum absolute atomic E-state index is 12.8. The molecule has 0 aromatic heterocycles. The number of aliphatic hydroxyl groups is 3. The van der Waals surface area contributed by atoms with Gasteiger partial charge in [0.25, 0.3) is 0 Å². The highest BCUT2D eigenvalue weighted by atomic mass is 16.8. The topological polar surface area (TPSA) is 167 Å². The summed E-state index contributed by atoms with van der Waals surface area (Å²) in [6.07, 6.45) is -2.72. The summed E-state index contributed by atoms with van der Waals surface area (Å²) in [5, 5.41) is 31.4. The van der Waals surface area contributed by atoms with Crippen LogP contribution in [-0.2, 0) is 42.8 Å². The Hall–Kier alpha value is -2.77. The van der Waals surface area contributed by atoms with Crippen molar-refractivity contribution < 1.29 is 58.1 Å². The first-order valence-electron chi connectivity index (χ1n) is 13.0. The van der Waals surface area contributed by atoms with Gasteiger partial charge in [-0.25, -0.2) is 9.59 Å². The van der Waals surface area contributed by atoms with Crippen molar-refractivity contribution >= 4 is 17.9 Å². The van der Waals surface area contributed by atoms with Crippen LogP contribution < -0.4 is 0 Å². The minimum Gasteiger partial charge on any atom is -0.468 e. The van der Waals surface area contributed by atoms with Gasteiger partial charge in [0, 0.05) is 17.1 Å². The fraction of sp³-hybridized carbons (Fsp3) is 0.667. The molecule has 8 atom stereocenters. The number of allylic oxidation sites excluding steroid dienone is 2. The minimum absolute atomic E-state index is 0.0745. The number of carbonyl (C=O) groups is 3. The molecule has 0 aliphatic carbocycles. The molecule has 4 bridgehead atoms. The Labute approximate surface area is 227 Å². The van der Waals surface area contributed by atoms with E-state index in [0.29, 0.717) is 24.0 Å². The number of carbonyl (C=O) groups excluding carboxylic acids is 3. The zero-order valence-electron chi connectivity index (χ0n) is 22.6. The highest BCUT2D eigenvalue weighted by Crippen LogP contribution is 2.36. The molecule has 0 radical (unpaired) electrons. The molecule has 1 fully saturated rings. The third kappa shape index (κ3) is 7.67. The molecule has 3 N–H and O–H groups in total. The molecule has 0 aromatic carbocycles. The summed E-state index contributed by atoms with van der Waals surface area (Å²) in [4.78, 5) is 37.7. The monoisotopic (exact) mass is 554 g/mol. The molecule has 1 saturated heterocycles. The molecule has 0 aromatic rings. The van der Waals surface area contributed by atoms with Crippen molar-refractivity contribution in [1.82, 2.24) is 0 Å². The normalized spacial score (nSPS) is 37.8. The van der Waals surface area contributed by atoms with E-state index in [0.717, 1.165) is 12.7 Å². The molecule has 3 heterocycles. The van der Waals surface area contributed by atoms with Gasteiger partial charge in [-0.05, 0) is 39.0 Å². The van der Waals surface area contributed by atoms with Gasteiger partial charge in [0.1, 0.15) is 31.0 Å². The molecular weight excluding hydrogens is 516 g/mol. The maximum atomic E-state index is 12.8. The molecule has 3 aliphatic heterocycles. The van der Waals surface area contributed by atoms with Crippen molar-refractivity contribution in [3.05, 3.63) is 35.1 Å². The van der Waals surface area contributed by atoms with Crippen LogP contribution in [0.4, 0.5) is 0 Å². The van der Waals surface area contributed by atoms with Crippen LogP contribution in [0, 0.1) is 11.8 Å². The first kappa shape index (κ1) is 30.8. The maximum Gasteiger partial charge on any atom is 0.337 e. The van der Waals surface area contributed by atoms with E-state index >= 15 is 0 Å². The van der Waals surface area contributed by atoms with E-state index in [1.54, 1.807) is 26.0 Å². The standard InChI is InChI=1S/C27H38O12/c1-5-16-17-11-20(28)35-10-9-14(2)7-6-8-15(3)24(32)36-13-19-21(29)22(30)23(31)27(38-19)39-26(16)37-12-18(17)25(33)34-4/h5,8,12,14,17,19,21-23,26-27,29-31H,6-7,9-11,13H2,1-4H3/b15-8+,16-5+/t14?,17-,19+,21+,22-,23+,26-,27-/m0/s1. The van der Waals surface area contributed by atoms with Gasteiger partial charge in [0.2, 0.25) is 6.29 Å². The number of hydrogen-bond donors (Lipinski definition) is 3. The molecule has 0 saturated carbocycles. The van der Waals surface area contributed by atoms with Crippen LogP contribution in [0.3, 0.4) is 0 Å². The van der Waals surface area contributed by atoms with Gasteiger partial charge in [-0.15, -0.1) is 0 Å². The van der Waals surface area contributed by atoms with E-state index in [1.807, 2.05) is 6.92 Å². The highest BCUT2D eigenvalue weighted by Gasteiger charge is 2.47. The molecular formula is C27H38O12. The van der Waals surface area contributed by atoms with E-state index in [9.17, 15) is 29.7 Å². The summed E-state index contributed by atoms with van der Waals surface area (Å²) >= 11 is 0. The van der Waals surface area contributed by atoms with Crippen molar-refractivity contribution in [3.63, 3.8) is 0 Å². The molecule has 12 nitrogen and oxygen atoms in total. The SMILES string of the molecule is C/C=C1/[C@H]2OC=C(C(=O)OC)[C@H]1CC(=O)OCCC(C)CC/C=C(\C)C(=O)OC[C@H]1O[C@@H](O2)[C@H](O)[C@@H](O)[C@@H]1O. The van der Waals surface area contributed by atoms with Gasteiger partial charge in [-0.3, -0.25) is 4.79 Å². The van der Waals surface area contributed by atoms with Crippen LogP contribution in [0.5, 0.6) is 0 Å². The molecule has 0 amide bonds. The predicted molar refractivity (Wildman–Crippen MR) is 133 cm³/mol. The molecule has 218 valence electrons. The van der Waals surface area contributed by atoms with Gasteiger partial charge in [-0.1, -0.05) is 19.1 Å². The molecule has 3 rings (SSSR count). The molecule has 1 unspecified atom stereocenters. The van der Waals surface area contributed by atoms with E-state index in [-0.39, 0.29) is 24.5 Å². The van der Waals surface area contributed by atoms with Crippen molar-refractivity contribution in [2.45, 2.75) is 83.5 Å². The lowest BCUT2D eigenvalue weighted by atomic mass is 9.86. The Kier molecular flexibility index (Phi) is 11.1. The van der Waals surface area contributed by atoms with Crippen LogP contribution in [0.15, 0.2) is 35.1 Å². The molecule has 39 heavy (non-hydrogen) atoms. The third-order valence-corrected chi connectivity index (χ3v) is 7.10. The number of rotatable bonds is 1. The largest absolute Gasteiger partial charge is 0.468 e. The number of methoxy groups -OCH3 is 1. The third-order valence-electron chi connectivity index (χ3n) is 7.10. The van der Waals surface area contributed by atoms with Gasteiger partial charge in [-0.2, -0.15) is 0 Å². The average molecular weight is 555 g/mol. The van der Waals surface area contributed by atoms with Crippen LogP contribution in [0.25, 0.3) is 0 Å². The van der Waals surface area contributed by atoms with Crippen molar-refractivity contribution in [2.75, 3.05) is 20.3 Å². The molecule has 3 aliphatic rings. The lowest BCUT2D eigenvalue weighted by Gasteiger charge is -2.42. The summed E-state index contributed by atoms with van der Waals surface area (Å²) in [5.74, 6) is -2.47. The Morgan fingerprint density at radius 3 is 2.51 bits per heavy atom. The minimum atomic E-state index is -1.69. The Balaban J connectivity index is 1.91. The van der Waals surface area contributed by atoms with Gasteiger partial charge in [0.05, 0.1) is 32.0 Å². The number of esters is 3. The first-order chi connectivity index (χ1) is 18.6. The Morgan fingerprint density at radius 2 is 1.82 bits per heavy atom. The lowest BCUT2D eigenvalue weighted by Crippen LogP contribution is -2.60. The second-order valence-electron chi connectivity index (χ2n) is 9.91. The number of ether oxygens (including phenoxy) is 6. The summed E-state index contributed by atoms with van der Waals surface area (Å²) < 4.78 is 32.7. The fourth-order valence-corrected chi connectivity index (χ4v) is 4.60. The van der Waals surface area contributed by atoms with Gasteiger partial charge < -0.3 is 43.7 Å². The van der Waals surface area contributed by atoms with Gasteiger partial charge >= 0.3 is 17.9 Å². The van der Waals surface area contributed by atoms with Crippen LogP contribution in [0.1, 0.15) is 46.5 Å². The highest BCUT2D eigenvalue weighted by molar-refractivity contribution is 5.90. The molecule has 0 spiro atoms. The summed E-state index contributed by atoms with van der Waals surface area (Å²) in [6, 6.07) is 0. The number of hydrogen-bond acceptors (Lipinski definition) is 12. The van der Waals surface area contributed by atoms with Crippen molar-refractivity contribution in [2.24, 2.45) is 11.8 Å². The summed E-state index contributed by atoms with van der Waals surface area (Å²) in [6.45, 7) is 5.04. The second-order valence-corrected chi connectivity index (χ2v) is 9.91. The van der Waals surface area contributed by atoms with E-state index in [2.05, 4.69) is 0 Å². The first-order valence-corrected chi connectivity index (χ1v) is 13.0. The summed E-state index contributed by atoms with van der Waals surface area (Å²) in [5.41, 5.74) is 0.803. The van der Waals surface area contributed by atoms with E-state index < -0.39 is 67.4 Å². The Bertz CT molecular complexity index is 985.